The van der Waals surface area contributed by atoms with E-state index >= 15 is 0 Å². The number of aromatic nitrogens is 2. The summed E-state index contributed by atoms with van der Waals surface area (Å²) in [6.07, 6.45) is 4.18. The van der Waals surface area contributed by atoms with Gasteiger partial charge in [0.25, 0.3) is 5.91 Å². The molecule has 1 aromatic carbocycles. The second kappa shape index (κ2) is 12.4. The van der Waals surface area contributed by atoms with E-state index in [1.807, 2.05) is 7.05 Å². The van der Waals surface area contributed by atoms with Gasteiger partial charge in [0.05, 0.1) is 32.0 Å². The molecule has 35 heavy (non-hydrogen) atoms. The quantitative estimate of drug-likeness (QED) is 0.197. The summed E-state index contributed by atoms with van der Waals surface area (Å²) < 4.78 is 16.6. The van der Waals surface area contributed by atoms with Crippen molar-refractivity contribution in [3.63, 3.8) is 0 Å². The first-order valence-corrected chi connectivity index (χ1v) is 11.1. The van der Waals surface area contributed by atoms with Crippen LogP contribution >= 0.6 is 0 Å². The van der Waals surface area contributed by atoms with Gasteiger partial charge in [0.15, 0.2) is 11.5 Å². The molecule has 0 fully saturated rings. The molecule has 12 heteroatoms. The molecule has 188 valence electrons. The maximum absolute atomic E-state index is 12.7. The van der Waals surface area contributed by atoms with Gasteiger partial charge in [-0.15, -0.1) is 0 Å². The Morgan fingerprint density at radius 1 is 1.14 bits per heavy atom. The van der Waals surface area contributed by atoms with Crippen LogP contribution in [0.2, 0.25) is 0 Å². The van der Waals surface area contributed by atoms with Gasteiger partial charge in [0.1, 0.15) is 18.0 Å². The number of nitrogens with zero attached hydrogens (tertiary/aromatic N) is 2. The minimum absolute atomic E-state index is 0.00853. The summed E-state index contributed by atoms with van der Waals surface area (Å²) in [7, 11) is 4.87. The van der Waals surface area contributed by atoms with E-state index in [1.54, 1.807) is 18.3 Å². The van der Waals surface area contributed by atoms with Gasteiger partial charge < -0.3 is 40.6 Å². The fraction of sp³-hybridized carbons (Fsp3) is 0.391. The molecule has 1 amide bonds. The first-order valence-electron chi connectivity index (χ1n) is 11.1. The minimum Gasteiger partial charge on any atom is -0.493 e. The number of amides is 1. The largest absolute Gasteiger partial charge is 0.493 e. The average molecular weight is 487 g/mol. The highest BCUT2D eigenvalue weighted by Crippen LogP contribution is 2.41. The Morgan fingerprint density at radius 2 is 1.94 bits per heavy atom. The summed E-state index contributed by atoms with van der Waals surface area (Å²) in [6, 6.07) is 3.39. The van der Waals surface area contributed by atoms with Crippen molar-refractivity contribution >= 4 is 34.8 Å². The van der Waals surface area contributed by atoms with Crippen LogP contribution in [0.4, 0.5) is 17.3 Å². The van der Waals surface area contributed by atoms with Gasteiger partial charge in [-0.2, -0.15) is 0 Å². The topological polar surface area (TPSA) is 156 Å². The molecule has 0 radical (unpaired) electrons. The number of carboxylic acids is 1. The lowest BCUT2D eigenvalue weighted by molar-refractivity contribution is -0.137. The third-order valence-corrected chi connectivity index (χ3v) is 5.11. The zero-order valence-electron chi connectivity index (χ0n) is 19.9. The van der Waals surface area contributed by atoms with E-state index in [0.29, 0.717) is 58.7 Å². The van der Waals surface area contributed by atoms with Crippen molar-refractivity contribution in [3.05, 3.63) is 30.2 Å². The molecule has 1 aliphatic rings. The lowest BCUT2D eigenvalue weighted by Gasteiger charge is -2.16. The Morgan fingerprint density at radius 3 is 2.66 bits per heavy atom. The molecule has 0 aliphatic carbocycles. The fourth-order valence-corrected chi connectivity index (χ4v) is 3.45. The van der Waals surface area contributed by atoms with Crippen molar-refractivity contribution in [3.8, 4) is 17.2 Å². The number of hydrogen-bond acceptors (Lipinski definition) is 10. The number of benzene rings is 1. The summed E-state index contributed by atoms with van der Waals surface area (Å²) in [5.74, 6) is 0.968. The number of methoxy groups -OCH3 is 2. The number of carbonyl (C=O) groups is 2. The number of aliphatic carboxylic acids is 1. The Bertz CT molecular complexity index is 1090. The zero-order chi connectivity index (χ0) is 25.2. The van der Waals surface area contributed by atoms with E-state index in [-0.39, 0.29) is 18.9 Å². The number of nitrogens with one attached hydrogen (secondary N) is 4. The normalized spacial score (nSPS) is 13.2. The van der Waals surface area contributed by atoms with E-state index in [4.69, 9.17) is 19.3 Å². The van der Waals surface area contributed by atoms with Gasteiger partial charge >= 0.3 is 5.97 Å². The van der Waals surface area contributed by atoms with E-state index in [2.05, 4.69) is 31.2 Å². The van der Waals surface area contributed by atoms with E-state index in [1.165, 1.54) is 20.5 Å². The zero-order valence-corrected chi connectivity index (χ0v) is 19.9. The smallest absolute Gasteiger partial charge is 0.303 e. The SMILES string of the molecule is CNCCCNc1ncnc2c1/C(=C/Nc1cc(OC)c(OC)c(OCCCC(=O)O)c1)C(=O)N2. The summed E-state index contributed by atoms with van der Waals surface area (Å²) in [6.45, 7) is 1.71. The minimum atomic E-state index is -0.893. The van der Waals surface area contributed by atoms with Gasteiger partial charge in [0.2, 0.25) is 5.75 Å². The van der Waals surface area contributed by atoms with Crippen LogP contribution < -0.4 is 35.5 Å². The first-order chi connectivity index (χ1) is 17.0. The van der Waals surface area contributed by atoms with Gasteiger partial charge in [0, 0.05) is 37.0 Å². The van der Waals surface area contributed by atoms with Crippen LogP contribution in [0.1, 0.15) is 24.8 Å². The molecule has 0 spiro atoms. The number of rotatable bonds is 14. The van der Waals surface area contributed by atoms with Crippen molar-refractivity contribution in [2.45, 2.75) is 19.3 Å². The number of fused-ring (bicyclic) bond motifs is 1. The molecule has 3 rings (SSSR count). The highest BCUT2D eigenvalue weighted by molar-refractivity contribution is 6.32. The van der Waals surface area contributed by atoms with Crippen LogP contribution in [0.25, 0.3) is 5.57 Å². The second-order valence-corrected chi connectivity index (χ2v) is 7.54. The summed E-state index contributed by atoms with van der Waals surface area (Å²) >= 11 is 0. The molecule has 1 aliphatic heterocycles. The lowest BCUT2D eigenvalue weighted by Crippen LogP contribution is -2.14. The number of carbonyl (C=O) groups excluding carboxylic acids is 1. The fourth-order valence-electron chi connectivity index (χ4n) is 3.45. The molecular formula is C23H30N6O6. The number of ether oxygens (including phenoxy) is 3. The Kier molecular flexibility index (Phi) is 9.07. The average Bonchev–Trinajstić information content (AvgIpc) is 3.18. The van der Waals surface area contributed by atoms with Crippen molar-refractivity contribution in [2.75, 3.05) is 56.9 Å². The highest BCUT2D eigenvalue weighted by Gasteiger charge is 2.29. The van der Waals surface area contributed by atoms with Gasteiger partial charge in [-0.3, -0.25) is 9.59 Å². The predicted molar refractivity (Wildman–Crippen MR) is 131 cm³/mol. The summed E-state index contributed by atoms with van der Waals surface area (Å²) in [5.41, 5.74) is 1.53. The third-order valence-electron chi connectivity index (χ3n) is 5.11. The third kappa shape index (κ3) is 6.51. The van der Waals surface area contributed by atoms with Crippen LogP contribution in [0.3, 0.4) is 0 Å². The number of hydrogen-bond donors (Lipinski definition) is 5. The lowest BCUT2D eigenvalue weighted by atomic mass is 10.1. The van der Waals surface area contributed by atoms with Gasteiger partial charge in [-0.1, -0.05) is 0 Å². The molecule has 0 unspecified atom stereocenters. The highest BCUT2D eigenvalue weighted by atomic mass is 16.5. The Hall–Kier alpha value is -4.06. The van der Waals surface area contributed by atoms with Crippen LogP contribution in [0.5, 0.6) is 17.2 Å². The molecule has 5 N–H and O–H groups in total. The maximum Gasteiger partial charge on any atom is 0.303 e. The van der Waals surface area contributed by atoms with Crippen molar-refractivity contribution < 1.29 is 28.9 Å². The number of anilines is 3. The number of carboxylic acid groups (broad SMARTS) is 1. The van der Waals surface area contributed by atoms with E-state index < -0.39 is 5.97 Å². The van der Waals surface area contributed by atoms with Crippen LogP contribution in [0, 0.1) is 0 Å². The van der Waals surface area contributed by atoms with E-state index in [0.717, 1.165) is 13.0 Å². The van der Waals surface area contributed by atoms with E-state index in [9.17, 15) is 9.59 Å². The Balaban J connectivity index is 1.83. The standard InChI is InChI=1S/C23H30N6O6/c1-24-7-5-8-25-21-19-15(23(32)29-22(19)28-13-27-21)12-26-14-10-16(33-2)20(34-3)17(11-14)35-9-4-6-18(30)31/h10-13,24,26H,4-9H2,1-3H3,(H,30,31)(H2,25,27,28,29,32)/b15-12-. The van der Waals surface area contributed by atoms with Crippen LogP contribution in [-0.4, -0.2) is 67.9 Å². The van der Waals surface area contributed by atoms with Crippen molar-refractivity contribution in [2.24, 2.45) is 0 Å². The van der Waals surface area contributed by atoms with Crippen LogP contribution in [-0.2, 0) is 9.59 Å². The molecule has 2 aromatic rings. The predicted octanol–water partition coefficient (Wildman–Crippen LogP) is 2.16. The van der Waals surface area contributed by atoms with Gasteiger partial charge in [-0.05, 0) is 26.4 Å². The monoisotopic (exact) mass is 486 g/mol. The maximum atomic E-state index is 12.7. The summed E-state index contributed by atoms with van der Waals surface area (Å²) in [4.78, 5) is 31.9. The molecule has 0 saturated heterocycles. The molecule has 1 aromatic heterocycles. The molecule has 12 nitrogen and oxygen atoms in total. The molecule has 2 heterocycles. The Labute approximate surface area is 203 Å². The van der Waals surface area contributed by atoms with Crippen LogP contribution in [0.15, 0.2) is 24.7 Å². The summed E-state index contributed by atoms with van der Waals surface area (Å²) in [5, 5.41) is 21.0. The van der Waals surface area contributed by atoms with Gasteiger partial charge in [-0.25, -0.2) is 9.97 Å². The van der Waals surface area contributed by atoms with Crippen molar-refractivity contribution in [1.82, 2.24) is 15.3 Å². The molecular weight excluding hydrogens is 456 g/mol. The first kappa shape index (κ1) is 25.6. The molecule has 0 bridgehead atoms. The molecule has 0 atom stereocenters. The van der Waals surface area contributed by atoms with Crippen molar-refractivity contribution in [1.29, 1.82) is 0 Å². The second-order valence-electron chi connectivity index (χ2n) is 7.54. The molecule has 0 saturated carbocycles.